The molecule has 0 amide bonds. The second-order valence-electron chi connectivity index (χ2n) is 6.99. The monoisotopic (exact) mass is 468 g/mol. The minimum atomic E-state index is 0.230. The maximum Gasteiger partial charge on any atom is 0.225 e. The first-order valence-corrected chi connectivity index (χ1v) is 10.4. The van der Waals surface area contributed by atoms with Crippen molar-refractivity contribution in [2.45, 2.75) is 37.8 Å². The Bertz CT molecular complexity index is 759. The number of pyridine rings is 2. The predicted molar refractivity (Wildman–Crippen MR) is 111 cm³/mol. The summed E-state index contributed by atoms with van der Waals surface area (Å²) in [4.78, 5) is 11.8. The first-order valence-electron chi connectivity index (χ1n) is 9.36. The molecule has 1 aliphatic heterocycles. The van der Waals surface area contributed by atoms with E-state index in [1.54, 1.807) is 0 Å². The summed E-state index contributed by atoms with van der Waals surface area (Å²) < 4.78 is 13.0. The minimum Gasteiger partial charge on any atom is -0.474 e. The van der Waals surface area contributed by atoms with Crippen molar-refractivity contribution < 1.29 is 9.47 Å². The molecule has 140 valence electrons. The lowest BCUT2D eigenvalue weighted by Crippen LogP contribution is -2.37. The van der Waals surface area contributed by atoms with E-state index in [1.807, 2.05) is 13.2 Å². The summed E-state index contributed by atoms with van der Waals surface area (Å²) in [6, 6.07) is 4.80. The van der Waals surface area contributed by atoms with Gasteiger partial charge in [0.2, 0.25) is 5.88 Å². The van der Waals surface area contributed by atoms with Gasteiger partial charge in [0.15, 0.2) is 0 Å². The Balaban J connectivity index is 1.63. The van der Waals surface area contributed by atoms with Crippen LogP contribution in [0.3, 0.4) is 0 Å². The third kappa shape index (κ3) is 4.04. The molecule has 0 bridgehead atoms. The Labute approximate surface area is 167 Å². The third-order valence-electron chi connectivity index (χ3n) is 5.29. The zero-order valence-corrected chi connectivity index (χ0v) is 17.2. The number of nitrogens with zero attached hydrogens (tertiary/aromatic N) is 3. The maximum atomic E-state index is 6.41. The van der Waals surface area contributed by atoms with E-state index in [4.69, 9.17) is 14.5 Å². The van der Waals surface area contributed by atoms with Crippen LogP contribution in [0.2, 0.25) is 0 Å². The molecule has 1 aliphatic carbocycles. The number of ether oxygens (including phenoxy) is 2. The summed E-state index contributed by atoms with van der Waals surface area (Å²) in [5.41, 5.74) is 0.945. The number of anilines is 1. The van der Waals surface area contributed by atoms with Gasteiger partial charge in [0.25, 0.3) is 0 Å². The van der Waals surface area contributed by atoms with Gasteiger partial charge in [-0.2, -0.15) is 4.98 Å². The molecule has 1 N–H and O–H groups in total. The molecule has 1 saturated carbocycles. The van der Waals surface area contributed by atoms with Crippen molar-refractivity contribution in [1.82, 2.24) is 15.3 Å². The van der Waals surface area contributed by atoms with E-state index in [0.717, 1.165) is 78.2 Å². The molecule has 4 rings (SSSR count). The third-order valence-corrected chi connectivity index (χ3v) is 5.88. The van der Waals surface area contributed by atoms with Crippen LogP contribution in [0, 0.1) is 3.57 Å². The first-order chi connectivity index (χ1) is 12.7. The fourth-order valence-corrected chi connectivity index (χ4v) is 4.18. The molecule has 26 heavy (non-hydrogen) atoms. The van der Waals surface area contributed by atoms with Crippen molar-refractivity contribution >= 4 is 39.3 Å². The van der Waals surface area contributed by atoms with Crippen LogP contribution >= 0.6 is 22.6 Å². The number of aromatic nitrogens is 2. The molecule has 2 fully saturated rings. The average molecular weight is 468 g/mol. The van der Waals surface area contributed by atoms with Crippen molar-refractivity contribution in [2.75, 3.05) is 38.3 Å². The Kier molecular flexibility index (Phi) is 5.75. The molecule has 2 aromatic heterocycles. The van der Waals surface area contributed by atoms with Gasteiger partial charge >= 0.3 is 0 Å². The van der Waals surface area contributed by atoms with Gasteiger partial charge in [0, 0.05) is 35.0 Å². The molecular formula is C19H25IN4O2. The van der Waals surface area contributed by atoms with Gasteiger partial charge in [-0.3, -0.25) is 4.98 Å². The lowest BCUT2D eigenvalue weighted by atomic mass is 9.93. The largest absolute Gasteiger partial charge is 0.474 e. The molecule has 0 unspecified atom stereocenters. The fraction of sp³-hybridized carbons (Fsp3) is 0.579. The molecule has 0 radical (unpaired) electrons. The molecule has 6 nitrogen and oxygen atoms in total. The maximum absolute atomic E-state index is 6.41. The van der Waals surface area contributed by atoms with Crippen molar-refractivity contribution in [3.8, 4) is 5.88 Å². The number of fused-ring (bicyclic) bond motifs is 1. The van der Waals surface area contributed by atoms with Crippen LogP contribution in [0.15, 0.2) is 18.3 Å². The van der Waals surface area contributed by atoms with Gasteiger partial charge in [-0.15, -0.1) is 0 Å². The van der Waals surface area contributed by atoms with Gasteiger partial charge in [0.05, 0.1) is 24.1 Å². The summed E-state index contributed by atoms with van der Waals surface area (Å²) in [6.45, 7) is 3.19. The number of nitrogens with one attached hydrogen (secondary N) is 1. The van der Waals surface area contributed by atoms with E-state index in [1.165, 1.54) is 0 Å². The second kappa shape index (κ2) is 8.22. The zero-order valence-electron chi connectivity index (χ0n) is 15.1. The predicted octanol–water partition coefficient (Wildman–Crippen LogP) is 2.98. The highest BCUT2D eigenvalue weighted by Crippen LogP contribution is 2.31. The van der Waals surface area contributed by atoms with Crippen LogP contribution in [0.1, 0.15) is 25.7 Å². The Hall–Kier alpha value is -1.19. The molecule has 0 spiro atoms. The number of rotatable bonds is 4. The Morgan fingerprint density at radius 3 is 2.69 bits per heavy atom. The fourth-order valence-electron chi connectivity index (χ4n) is 3.73. The van der Waals surface area contributed by atoms with Crippen LogP contribution < -0.4 is 15.0 Å². The molecule has 3 heterocycles. The second-order valence-corrected chi connectivity index (χ2v) is 8.23. The summed E-state index contributed by atoms with van der Waals surface area (Å²) in [5, 5.41) is 4.38. The molecule has 1 saturated heterocycles. The molecule has 7 heteroatoms. The number of hydrogen-bond donors (Lipinski definition) is 1. The van der Waals surface area contributed by atoms with Crippen LogP contribution in [0.4, 0.5) is 5.82 Å². The van der Waals surface area contributed by atoms with E-state index in [9.17, 15) is 0 Å². The lowest BCUT2D eigenvalue weighted by molar-refractivity contribution is 0.121. The number of morpholine rings is 1. The normalized spacial score (nSPS) is 24.0. The van der Waals surface area contributed by atoms with Gasteiger partial charge < -0.3 is 19.7 Å². The molecule has 0 aromatic carbocycles. The molecule has 0 atom stereocenters. The van der Waals surface area contributed by atoms with Gasteiger partial charge in [-0.1, -0.05) is 0 Å². The first kappa shape index (κ1) is 18.2. The van der Waals surface area contributed by atoms with E-state index in [0.29, 0.717) is 6.04 Å². The highest BCUT2D eigenvalue weighted by Gasteiger charge is 2.23. The van der Waals surface area contributed by atoms with E-state index >= 15 is 0 Å². The summed E-state index contributed by atoms with van der Waals surface area (Å²) >= 11 is 2.29. The van der Waals surface area contributed by atoms with Gasteiger partial charge in [-0.05, 0) is 61.4 Å². The lowest BCUT2D eigenvalue weighted by Gasteiger charge is -2.30. The average Bonchev–Trinajstić information content (AvgIpc) is 2.69. The summed E-state index contributed by atoms with van der Waals surface area (Å²) in [6.07, 6.45) is 6.55. The van der Waals surface area contributed by atoms with Gasteiger partial charge in [-0.25, -0.2) is 0 Å². The summed E-state index contributed by atoms with van der Waals surface area (Å²) in [5.74, 6) is 1.66. The Morgan fingerprint density at radius 2 is 1.96 bits per heavy atom. The standard InChI is InChI=1S/C19H25IN4O2/c1-21-14-2-4-15(5-3-14)26-19-16-10-13(20)12-22-17(16)11-18(23-19)24-6-8-25-9-7-24/h10-12,14-15,21H,2-9H2,1H3. The van der Waals surface area contributed by atoms with Crippen LogP contribution in [-0.4, -0.2) is 55.5 Å². The molecule has 2 aromatic rings. The van der Waals surface area contributed by atoms with E-state index < -0.39 is 0 Å². The van der Waals surface area contributed by atoms with Crippen molar-refractivity contribution in [1.29, 1.82) is 0 Å². The SMILES string of the molecule is CNC1CCC(Oc2nc(N3CCOCC3)cc3ncc(I)cc23)CC1. The quantitative estimate of drug-likeness (QED) is 0.697. The van der Waals surface area contributed by atoms with Crippen molar-refractivity contribution in [3.05, 3.63) is 21.9 Å². The summed E-state index contributed by atoms with van der Waals surface area (Å²) in [7, 11) is 2.04. The van der Waals surface area contributed by atoms with E-state index in [2.05, 4.69) is 49.9 Å². The van der Waals surface area contributed by atoms with Gasteiger partial charge in [0.1, 0.15) is 11.9 Å². The van der Waals surface area contributed by atoms with Crippen molar-refractivity contribution in [3.63, 3.8) is 0 Å². The smallest absolute Gasteiger partial charge is 0.225 e. The highest BCUT2D eigenvalue weighted by atomic mass is 127. The zero-order chi connectivity index (χ0) is 17.9. The van der Waals surface area contributed by atoms with E-state index in [-0.39, 0.29) is 6.10 Å². The van der Waals surface area contributed by atoms with Crippen LogP contribution in [-0.2, 0) is 4.74 Å². The molecular weight excluding hydrogens is 443 g/mol. The minimum absolute atomic E-state index is 0.230. The highest BCUT2D eigenvalue weighted by molar-refractivity contribution is 14.1. The van der Waals surface area contributed by atoms with Crippen LogP contribution in [0.25, 0.3) is 10.9 Å². The Morgan fingerprint density at radius 1 is 1.19 bits per heavy atom. The van der Waals surface area contributed by atoms with Crippen molar-refractivity contribution in [2.24, 2.45) is 0 Å². The number of halogens is 1. The topological polar surface area (TPSA) is 59.5 Å². The molecule has 2 aliphatic rings. The van der Waals surface area contributed by atoms with Crippen LogP contribution in [0.5, 0.6) is 5.88 Å². The number of hydrogen-bond acceptors (Lipinski definition) is 6.